The highest BCUT2D eigenvalue weighted by Crippen LogP contribution is 2.29. The Hall–Kier alpha value is -0.910. The van der Waals surface area contributed by atoms with Crippen LogP contribution in [0.5, 0.6) is 0 Å². The quantitative estimate of drug-likeness (QED) is 0.780. The van der Waals surface area contributed by atoms with Crippen LogP contribution in [0.25, 0.3) is 0 Å². The third-order valence-corrected chi connectivity index (χ3v) is 3.96. The Balaban J connectivity index is 2.27. The van der Waals surface area contributed by atoms with Crippen LogP contribution in [0.4, 0.5) is 5.69 Å². The van der Waals surface area contributed by atoms with Gasteiger partial charge in [-0.2, -0.15) is 0 Å². The highest BCUT2D eigenvalue weighted by atomic mass is 79.9. The molecule has 98 valence electrons. The molecule has 6 heteroatoms. The second kappa shape index (κ2) is 6.03. The van der Waals surface area contributed by atoms with Gasteiger partial charge in [-0.3, -0.25) is 9.78 Å². The van der Waals surface area contributed by atoms with Crippen molar-refractivity contribution in [3.8, 4) is 0 Å². The summed E-state index contributed by atoms with van der Waals surface area (Å²) in [7, 11) is 0. The van der Waals surface area contributed by atoms with Gasteiger partial charge >= 0.3 is 0 Å². The third kappa shape index (κ3) is 3.55. The number of halogens is 3. The molecular weight excluding hydrogens is 395 g/mol. The van der Waals surface area contributed by atoms with E-state index in [0.29, 0.717) is 16.3 Å². The average Bonchev–Trinajstić information content (AvgIpc) is 2.36. The Morgan fingerprint density at radius 2 is 2.00 bits per heavy atom. The van der Waals surface area contributed by atoms with Crippen LogP contribution in [-0.2, 0) is 0 Å². The van der Waals surface area contributed by atoms with Crippen LogP contribution in [0.1, 0.15) is 15.9 Å². The van der Waals surface area contributed by atoms with Gasteiger partial charge in [-0.05, 0) is 62.5 Å². The molecule has 0 saturated carbocycles. The molecule has 0 atom stereocenters. The molecule has 0 fully saturated rings. The summed E-state index contributed by atoms with van der Waals surface area (Å²) < 4.78 is 1.53. The zero-order chi connectivity index (χ0) is 14.0. The van der Waals surface area contributed by atoms with Gasteiger partial charge in [0.1, 0.15) is 0 Å². The molecule has 0 aliphatic heterocycles. The summed E-state index contributed by atoms with van der Waals surface area (Å²) in [6.07, 6.45) is 3.12. The first-order valence-corrected chi connectivity index (χ1v) is 7.31. The normalized spacial score (nSPS) is 10.3. The van der Waals surface area contributed by atoms with Gasteiger partial charge in [-0.25, -0.2) is 0 Å². The SMILES string of the molecule is Cc1cc(Br)c(NC(=O)c2cncc(Br)c2)cc1Cl. The van der Waals surface area contributed by atoms with E-state index in [9.17, 15) is 4.79 Å². The predicted molar refractivity (Wildman–Crippen MR) is 83.8 cm³/mol. The summed E-state index contributed by atoms with van der Waals surface area (Å²) >= 11 is 12.7. The van der Waals surface area contributed by atoms with Crippen molar-refractivity contribution in [2.24, 2.45) is 0 Å². The third-order valence-electron chi connectivity index (χ3n) is 2.46. The number of nitrogens with zero attached hydrogens (tertiary/aromatic N) is 1. The largest absolute Gasteiger partial charge is 0.321 e. The standard InChI is InChI=1S/C13H9Br2ClN2O/c1-7-2-10(15)12(4-11(7)16)18-13(19)8-3-9(14)6-17-5-8/h2-6H,1H3,(H,18,19). The number of anilines is 1. The van der Waals surface area contributed by atoms with E-state index in [1.54, 1.807) is 18.3 Å². The van der Waals surface area contributed by atoms with Crippen molar-refractivity contribution in [3.63, 3.8) is 0 Å². The zero-order valence-corrected chi connectivity index (χ0v) is 13.8. The fourth-order valence-electron chi connectivity index (χ4n) is 1.47. The molecule has 3 nitrogen and oxygen atoms in total. The molecule has 2 aromatic rings. The Labute approximate surface area is 132 Å². The Morgan fingerprint density at radius 1 is 1.26 bits per heavy atom. The van der Waals surface area contributed by atoms with E-state index < -0.39 is 0 Å². The van der Waals surface area contributed by atoms with Gasteiger partial charge in [-0.15, -0.1) is 0 Å². The van der Waals surface area contributed by atoms with E-state index in [1.165, 1.54) is 6.20 Å². The fraction of sp³-hybridized carbons (Fsp3) is 0.0769. The molecule has 1 heterocycles. The summed E-state index contributed by atoms with van der Waals surface area (Å²) in [5, 5.41) is 3.39. The number of carbonyl (C=O) groups excluding carboxylic acids is 1. The van der Waals surface area contributed by atoms with Gasteiger partial charge in [-0.1, -0.05) is 11.6 Å². The molecule has 1 aromatic heterocycles. The van der Waals surface area contributed by atoms with Crippen LogP contribution in [0.3, 0.4) is 0 Å². The zero-order valence-electron chi connectivity index (χ0n) is 9.88. The average molecular weight is 404 g/mol. The molecule has 0 aliphatic carbocycles. The molecule has 2 rings (SSSR count). The number of amides is 1. The summed E-state index contributed by atoms with van der Waals surface area (Å²) in [5.41, 5.74) is 2.04. The minimum atomic E-state index is -0.241. The molecule has 0 aliphatic rings. The lowest BCUT2D eigenvalue weighted by Crippen LogP contribution is -2.12. The predicted octanol–water partition coefficient (Wildman–Crippen LogP) is 4.82. The van der Waals surface area contributed by atoms with E-state index in [0.717, 1.165) is 14.5 Å². The van der Waals surface area contributed by atoms with Crippen LogP contribution in [0.15, 0.2) is 39.5 Å². The van der Waals surface area contributed by atoms with Crippen molar-refractivity contribution < 1.29 is 4.79 Å². The molecule has 19 heavy (non-hydrogen) atoms. The number of benzene rings is 1. The van der Waals surface area contributed by atoms with Gasteiger partial charge in [0, 0.05) is 26.4 Å². The topological polar surface area (TPSA) is 42.0 Å². The van der Waals surface area contributed by atoms with Crippen LogP contribution in [0, 0.1) is 6.92 Å². The first-order chi connectivity index (χ1) is 8.97. The number of hydrogen-bond donors (Lipinski definition) is 1. The Morgan fingerprint density at radius 3 is 2.68 bits per heavy atom. The number of aryl methyl sites for hydroxylation is 1. The molecule has 0 saturated heterocycles. The molecule has 0 spiro atoms. The summed E-state index contributed by atoms with van der Waals surface area (Å²) in [6, 6.07) is 5.27. The lowest BCUT2D eigenvalue weighted by molar-refractivity contribution is 0.102. The van der Waals surface area contributed by atoms with Crippen molar-refractivity contribution >= 4 is 55.1 Å². The van der Waals surface area contributed by atoms with E-state index in [4.69, 9.17) is 11.6 Å². The van der Waals surface area contributed by atoms with Crippen molar-refractivity contribution in [1.29, 1.82) is 0 Å². The molecule has 1 N–H and O–H groups in total. The van der Waals surface area contributed by atoms with Crippen molar-refractivity contribution in [2.75, 3.05) is 5.32 Å². The minimum Gasteiger partial charge on any atom is -0.321 e. The summed E-state index contributed by atoms with van der Waals surface area (Å²) in [5.74, 6) is -0.241. The van der Waals surface area contributed by atoms with E-state index in [1.807, 2.05) is 13.0 Å². The van der Waals surface area contributed by atoms with Crippen molar-refractivity contribution in [3.05, 3.63) is 55.7 Å². The fourth-order valence-corrected chi connectivity index (χ4v) is 2.56. The highest BCUT2D eigenvalue weighted by Gasteiger charge is 2.10. The molecular formula is C13H9Br2ClN2O. The van der Waals surface area contributed by atoms with Crippen LogP contribution >= 0.6 is 43.5 Å². The maximum absolute atomic E-state index is 12.1. The van der Waals surface area contributed by atoms with Gasteiger partial charge in [0.2, 0.25) is 0 Å². The number of aromatic nitrogens is 1. The smallest absolute Gasteiger partial charge is 0.257 e. The first kappa shape index (κ1) is 14.5. The molecule has 1 aromatic carbocycles. The van der Waals surface area contributed by atoms with Crippen molar-refractivity contribution in [2.45, 2.75) is 6.92 Å². The number of carbonyl (C=O) groups is 1. The lowest BCUT2D eigenvalue weighted by Gasteiger charge is -2.09. The summed E-state index contributed by atoms with van der Waals surface area (Å²) in [4.78, 5) is 16.0. The van der Waals surface area contributed by atoms with Crippen LogP contribution < -0.4 is 5.32 Å². The Bertz CT molecular complexity index is 647. The highest BCUT2D eigenvalue weighted by molar-refractivity contribution is 9.10. The molecule has 0 unspecified atom stereocenters. The second-order valence-electron chi connectivity index (χ2n) is 3.93. The number of pyridine rings is 1. The van der Waals surface area contributed by atoms with Gasteiger partial charge in [0.15, 0.2) is 0 Å². The molecule has 0 radical (unpaired) electrons. The Kier molecular flexibility index (Phi) is 4.60. The molecule has 1 amide bonds. The number of rotatable bonds is 2. The molecule has 0 bridgehead atoms. The van der Waals surface area contributed by atoms with Gasteiger partial charge in [0.05, 0.1) is 11.3 Å². The number of hydrogen-bond acceptors (Lipinski definition) is 2. The minimum absolute atomic E-state index is 0.241. The van der Waals surface area contributed by atoms with Crippen LogP contribution in [-0.4, -0.2) is 10.9 Å². The van der Waals surface area contributed by atoms with Crippen molar-refractivity contribution in [1.82, 2.24) is 4.98 Å². The number of nitrogens with one attached hydrogen (secondary N) is 1. The first-order valence-electron chi connectivity index (χ1n) is 5.35. The monoisotopic (exact) mass is 402 g/mol. The van der Waals surface area contributed by atoms with Gasteiger partial charge in [0.25, 0.3) is 5.91 Å². The maximum Gasteiger partial charge on any atom is 0.257 e. The lowest BCUT2D eigenvalue weighted by atomic mass is 10.2. The van der Waals surface area contributed by atoms with Crippen LogP contribution in [0.2, 0.25) is 5.02 Å². The summed E-state index contributed by atoms with van der Waals surface area (Å²) in [6.45, 7) is 1.90. The van der Waals surface area contributed by atoms with E-state index in [-0.39, 0.29) is 5.91 Å². The van der Waals surface area contributed by atoms with E-state index in [2.05, 4.69) is 42.2 Å². The second-order valence-corrected chi connectivity index (χ2v) is 6.10. The van der Waals surface area contributed by atoms with Gasteiger partial charge < -0.3 is 5.32 Å². The van der Waals surface area contributed by atoms with E-state index >= 15 is 0 Å². The maximum atomic E-state index is 12.1.